The number of likely N-dealkylation sites (tertiary alicyclic amines) is 1. The zero-order chi connectivity index (χ0) is 16.4. The van der Waals surface area contributed by atoms with Crippen molar-refractivity contribution in [3.8, 4) is 0 Å². The van der Waals surface area contributed by atoms with Crippen molar-refractivity contribution in [2.24, 2.45) is 5.92 Å². The van der Waals surface area contributed by atoms with Crippen molar-refractivity contribution in [2.45, 2.75) is 45.2 Å². The van der Waals surface area contributed by atoms with Crippen molar-refractivity contribution in [1.82, 2.24) is 15.5 Å². The van der Waals surface area contributed by atoms with Crippen LogP contribution in [0.2, 0.25) is 0 Å². The quantitative estimate of drug-likeness (QED) is 0.893. The molecule has 1 aromatic rings. The number of likely N-dealkylation sites (N-methyl/N-ethyl adjacent to an activating group) is 1. The summed E-state index contributed by atoms with van der Waals surface area (Å²) in [6.45, 7) is 7.08. The van der Waals surface area contributed by atoms with Crippen molar-refractivity contribution >= 4 is 5.91 Å². The second-order valence-corrected chi connectivity index (χ2v) is 7.25. The largest absolute Gasteiger partial charge is 0.358 e. The highest BCUT2D eigenvalue weighted by Crippen LogP contribution is 2.37. The molecule has 4 heteroatoms. The van der Waals surface area contributed by atoms with E-state index in [1.165, 1.54) is 23.1 Å². The van der Waals surface area contributed by atoms with Gasteiger partial charge in [-0.3, -0.25) is 9.69 Å². The van der Waals surface area contributed by atoms with Crippen LogP contribution in [0, 0.1) is 12.8 Å². The molecule has 0 radical (unpaired) electrons. The zero-order valence-corrected chi connectivity index (χ0v) is 14.6. The Bertz CT molecular complexity index is 564. The van der Waals surface area contributed by atoms with Gasteiger partial charge in [-0.05, 0) is 43.2 Å². The number of carbonyl (C=O) groups excluding carboxylic acids is 1. The van der Waals surface area contributed by atoms with Gasteiger partial charge in [-0.1, -0.05) is 30.7 Å². The van der Waals surface area contributed by atoms with Crippen molar-refractivity contribution in [2.75, 3.05) is 26.7 Å². The Kier molecular flexibility index (Phi) is 5.02. The predicted octanol–water partition coefficient (Wildman–Crippen LogP) is 2.03. The highest BCUT2D eigenvalue weighted by Gasteiger charge is 2.32. The van der Waals surface area contributed by atoms with Gasteiger partial charge in [-0.25, -0.2) is 0 Å². The molecule has 126 valence electrons. The molecule has 0 spiro atoms. The van der Waals surface area contributed by atoms with Crippen LogP contribution >= 0.6 is 0 Å². The summed E-state index contributed by atoms with van der Waals surface area (Å²) in [5, 5.41) is 6.62. The summed E-state index contributed by atoms with van der Waals surface area (Å²) in [7, 11) is 1.71. The van der Waals surface area contributed by atoms with Gasteiger partial charge in [-0.15, -0.1) is 0 Å². The van der Waals surface area contributed by atoms with Gasteiger partial charge in [0.05, 0.1) is 6.54 Å². The van der Waals surface area contributed by atoms with Gasteiger partial charge in [-0.2, -0.15) is 0 Å². The normalized spacial score (nSPS) is 25.3. The minimum absolute atomic E-state index is 0.116. The number of carbonyl (C=O) groups is 1. The summed E-state index contributed by atoms with van der Waals surface area (Å²) in [5.41, 5.74) is 4.37. The maximum Gasteiger partial charge on any atom is 0.233 e. The zero-order valence-electron chi connectivity index (χ0n) is 14.6. The molecule has 0 bridgehead atoms. The molecule has 2 N–H and O–H groups in total. The number of piperidine rings is 1. The fourth-order valence-corrected chi connectivity index (χ4v) is 4.01. The van der Waals surface area contributed by atoms with E-state index < -0.39 is 0 Å². The lowest BCUT2D eigenvalue weighted by atomic mass is 9.97. The van der Waals surface area contributed by atoms with Gasteiger partial charge in [0.2, 0.25) is 5.91 Å². The van der Waals surface area contributed by atoms with E-state index in [2.05, 4.69) is 47.6 Å². The molecule has 1 heterocycles. The highest BCUT2D eigenvalue weighted by molar-refractivity contribution is 5.77. The summed E-state index contributed by atoms with van der Waals surface area (Å²) in [6.07, 6.45) is 3.44. The smallest absolute Gasteiger partial charge is 0.233 e. The Morgan fingerprint density at radius 1 is 1.30 bits per heavy atom. The van der Waals surface area contributed by atoms with E-state index in [1.54, 1.807) is 7.05 Å². The van der Waals surface area contributed by atoms with Gasteiger partial charge >= 0.3 is 0 Å². The number of nitrogens with zero attached hydrogens (tertiary/aromatic N) is 1. The van der Waals surface area contributed by atoms with E-state index in [-0.39, 0.29) is 5.91 Å². The summed E-state index contributed by atoms with van der Waals surface area (Å²) in [5.74, 6) is 0.779. The standard InChI is InChI=1S/C19H29N3O/c1-13-4-5-15-11-14(2)19(17(15)10-13)21-16-6-8-22(9-7-16)12-18(23)20-3/h4-5,10,14,16,19,21H,6-9,11-12H2,1-3H3,(H,20,23)/t14-,19+/m1/s1. The molecule has 3 rings (SSSR count). The number of hydrogen-bond acceptors (Lipinski definition) is 3. The fourth-order valence-electron chi connectivity index (χ4n) is 4.01. The third-order valence-electron chi connectivity index (χ3n) is 5.40. The van der Waals surface area contributed by atoms with E-state index >= 15 is 0 Å². The van der Waals surface area contributed by atoms with Crippen molar-refractivity contribution in [3.05, 3.63) is 34.9 Å². The monoisotopic (exact) mass is 315 g/mol. The van der Waals surface area contributed by atoms with Crippen LogP contribution < -0.4 is 10.6 Å². The van der Waals surface area contributed by atoms with E-state index in [0.717, 1.165) is 25.9 Å². The lowest BCUT2D eigenvalue weighted by Gasteiger charge is -2.34. The summed E-state index contributed by atoms with van der Waals surface area (Å²) < 4.78 is 0. The summed E-state index contributed by atoms with van der Waals surface area (Å²) in [6, 6.07) is 7.94. The molecule has 1 amide bonds. The number of rotatable bonds is 4. The first-order valence-corrected chi connectivity index (χ1v) is 8.85. The molecule has 1 fully saturated rings. The van der Waals surface area contributed by atoms with E-state index in [0.29, 0.717) is 24.5 Å². The molecule has 2 aliphatic rings. The van der Waals surface area contributed by atoms with Crippen LogP contribution in [0.4, 0.5) is 0 Å². The molecule has 0 aromatic heterocycles. The molecule has 0 unspecified atom stereocenters. The molecule has 1 aromatic carbocycles. The van der Waals surface area contributed by atoms with Crippen LogP contribution in [0.15, 0.2) is 18.2 Å². The fraction of sp³-hybridized carbons (Fsp3) is 0.632. The molecule has 1 aliphatic carbocycles. The maximum atomic E-state index is 11.5. The minimum atomic E-state index is 0.116. The molecular formula is C19H29N3O. The first-order chi connectivity index (χ1) is 11.1. The SMILES string of the molecule is CNC(=O)CN1CCC(N[C@@H]2c3cc(C)ccc3C[C@H]2C)CC1. The Hall–Kier alpha value is -1.39. The van der Waals surface area contributed by atoms with E-state index in [9.17, 15) is 4.79 Å². The molecule has 1 aliphatic heterocycles. The predicted molar refractivity (Wildman–Crippen MR) is 93.5 cm³/mol. The van der Waals surface area contributed by atoms with Gasteiger partial charge in [0.15, 0.2) is 0 Å². The van der Waals surface area contributed by atoms with Crippen LogP contribution in [0.5, 0.6) is 0 Å². The van der Waals surface area contributed by atoms with Crippen LogP contribution in [0.3, 0.4) is 0 Å². The lowest BCUT2D eigenvalue weighted by molar-refractivity contribution is -0.122. The van der Waals surface area contributed by atoms with Crippen LogP contribution in [0.1, 0.15) is 42.5 Å². The van der Waals surface area contributed by atoms with Crippen molar-refractivity contribution in [1.29, 1.82) is 0 Å². The number of nitrogens with one attached hydrogen (secondary N) is 2. The van der Waals surface area contributed by atoms with Crippen LogP contribution in [-0.4, -0.2) is 43.5 Å². The molecule has 0 saturated carbocycles. The van der Waals surface area contributed by atoms with Crippen LogP contribution in [0.25, 0.3) is 0 Å². The maximum absolute atomic E-state index is 11.5. The van der Waals surface area contributed by atoms with Gasteiger partial charge in [0.1, 0.15) is 0 Å². The Balaban J connectivity index is 1.57. The van der Waals surface area contributed by atoms with Gasteiger partial charge in [0, 0.05) is 32.2 Å². The second kappa shape index (κ2) is 7.02. The third-order valence-corrected chi connectivity index (χ3v) is 5.40. The first-order valence-electron chi connectivity index (χ1n) is 8.85. The van der Waals surface area contributed by atoms with Crippen LogP contribution in [-0.2, 0) is 11.2 Å². The number of hydrogen-bond donors (Lipinski definition) is 2. The Morgan fingerprint density at radius 2 is 2.04 bits per heavy atom. The van der Waals surface area contributed by atoms with E-state index in [1.807, 2.05) is 0 Å². The first kappa shape index (κ1) is 16.5. The summed E-state index contributed by atoms with van der Waals surface area (Å²) >= 11 is 0. The average Bonchev–Trinajstić information content (AvgIpc) is 2.84. The molecule has 1 saturated heterocycles. The molecule has 23 heavy (non-hydrogen) atoms. The topological polar surface area (TPSA) is 44.4 Å². The minimum Gasteiger partial charge on any atom is -0.358 e. The average molecular weight is 315 g/mol. The second-order valence-electron chi connectivity index (χ2n) is 7.25. The van der Waals surface area contributed by atoms with E-state index in [4.69, 9.17) is 0 Å². The molecule has 4 nitrogen and oxygen atoms in total. The number of amides is 1. The van der Waals surface area contributed by atoms with Crippen molar-refractivity contribution < 1.29 is 4.79 Å². The Morgan fingerprint density at radius 3 is 2.74 bits per heavy atom. The third kappa shape index (κ3) is 3.75. The highest BCUT2D eigenvalue weighted by atomic mass is 16.1. The molecular weight excluding hydrogens is 286 g/mol. The summed E-state index contributed by atoms with van der Waals surface area (Å²) in [4.78, 5) is 13.7. The number of aryl methyl sites for hydroxylation is 1. The van der Waals surface area contributed by atoms with Gasteiger partial charge in [0.25, 0.3) is 0 Å². The Labute approximate surface area is 139 Å². The number of fused-ring (bicyclic) bond motifs is 1. The number of benzene rings is 1. The van der Waals surface area contributed by atoms with Crippen molar-refractivity contribution in [3.63, 3.8) is 0 Å². The van der Waals surface area contributed by atoms with Gasteiger partial charge < -0.3 is 10.6 Å². The molecule has 2 atom stereocenters. The lowest BCUT2D eigenvalue weighted by Crippen LogP contribution is -2.46.